The summed E-state index contributed by atoms with van der Waals surface area (Å²) in [5, 5.41) is 12.2. The highest BCUT2D eigenvalue weighted by Crippen LogP contribution is 2.16. The van der Waals surface area contributed by atoms with Gasteiger partial charge in [-0.3, -0.25) is 9.88 Å². The molecular formula is C13H18N4. The number of nitrogens with zero attached hydrogens (tertiary/aromatic N) is 3. The monoisotopic (exact) mass is 230 g/mol. The van der Waals surface area contributed by atoms with Crippen molar-refractivity contribution < 1.29 is 0 Å². The molecule has 0 amide bonds. The summed E-state index contributed by atoms with van der Waals surface area (Å²) in [5.41, 5.74) is 1.21. The summed E-state index contributed by atoms with van der Waals surface area (Å²) in [6.45, 7) is 4.97. The van der Waals surface area contributed by atoms with Crippen LogP contribution in [0.3, 0.4) is 0 Å². The quantitative estimate of drug-likeness (QED) is 0.846. The predicted octanol–water partition coefficient (Wildman–Crippen LogP) is 1.16. The number of pyridine rings is 1. The Labute approximate surface area is 102 Å². The van der Waals surface area contributed by atoms with Gasteiger partial charge in [0, 0.05) is 44.1 Å². The number of aromatic nitrogens is 1. The lowest BCUT2D eigenvalue weighted by molar-refractivity contribution is 0.100. The lowest BCUT2D eigenvalue weighted by atomic mass is 10.1. The molecule has 4 nitrogen and oxygen atoms in total. The molecule has 2 atom stereocenters. The van der Waals surface area contributed by atoms with E-state index in [2.05, 4.69) is 34.3 Å². The lowest BCUT2D eigenvalue weighted by Gasteiger charge is -2.40. The predicted molar refractivity (Wildman–Crippen MR) is 66.1 cm³/mol. The lowest BCUT2D eigenvalue weighted by Crippen LogP contribution is -2.55. The Morgan fingerprint density at radius 2 is 2.47 bits per heavy atom. The Morgan fingerprint density at radius 3 is 3.18 bits per heavy atom. The zero-order valence-corrected chi connectivity index (χ0v) is 10.1. The molecule has 17 heavy (non-hydrogen) atoms. The number of nitrogens with one attached hydrogen (secondary N) is 1. The normalized spacial score (nSPS) is 25.4. The third kappa shape index (κ3) is 3.02. The van der Waals surface area contributed by atoms with Crippen LogP contribution in [0.25, 0.3) is 0 Å². The molecule has 1 aromatic heterocycles. The van der Waals surface area contributed by atoms with E-state index < -0.39 is 0 Å². The van der Waals surface area contributed by atoms with E-state index in [-0.39, 0.29) is 0 Å². The van der Waals surface area contributed by atoms with Crippen LogP contribution in [-0.2, 0) is 6.54 Å². The number of piperazine rings is 1. The molecule has 4 heteroatoms. The molecule has 90 valence electrons. The fourth-order valence-electron chi connectivity index (χ4n) is 2.34. The summed E-state index contributed by atoms with van der Waals surface area (Å²) in [5.74, 6) is 0. The second-order valence-corrected chi connectivity index (χ2v) is 4.56. The maximum absolute atomic E-state index is 8.87. The number of hydrogen-bond donors (Lipinski definition) is 1. The van der Waals surface area contributed by atoms with Crippen LogP contribution in [0.15, 0.2) is 24.5 Å². The van der Waals surface area contributed by atoms with E-state index in [9.17, 15) is 0 Å². The van der Waals surface area contributed by atoms with Crippen molar-refractivity contribution in [3.63, 3.8) is 0 Å². The van der Waals surface area contributed by atoms with Crippen molar-refractivity contribution in [3.8, 4) is 6.07 Å². The standard InChI is InChI=1S/C13H18N4/c1-11-7-16-9-13(4-5-14)17(11)10-12-3-2-6-15-8-12/h2-3,6,8,11,13,16H,4,7,9-10H2,1H3. The third-order valence-electron chi connectivity index (χ3n) is 3.27. The first-order chi connectivity index (χ1) is 8.31. The Hall–Kier alpha value is -1.44. The molecule has 1 aromatic rings. The second kappa shape index (κ2) is 5.76. The molecule has 2 rings (SSSR count). The van der Waals surface area contributed by atoms with E-state index in [0.717, 1.165) is 19.6 Å². The van der Waals surface area contributed by atoms with Crippen LogP contribution in [0.4, 0.5) is 0 Å². The van der Waals surface area contributed by atoms with Crippen LogP contribution in [0.2, 0.25) is 0 Å². The van der Waals surface area contributed by atoms with Gasteiger partial charge in [0.05, 0.1) is 12.5 Å². The van der Waals surface area contributed by atoms with Crippen molar-refractivity contribution in [1.29, 1.82) is 5.26 Å². The van der Waals surface area contributed by atoms with E-state index in [0.29, 0.717) is 18.5 Å². The second-order valence-electron chi connectivity index (χ2n) is 4.56. The van der Waals surface area contributed by atoms with E-state index in [1.54, 1.807) is 6.20 Å². The molecule has 0 saturated carbocycles. The van der Waals surface area contributed by atoms with E-state index in [4.69, 9.17) is 5.26 Å². The van der Waals surface area contributed by atoms with Gasteiger partial charge in [0.1, 0.15) is 0 Å². The summed E-state index contributed by atoms with van der Waals surface area (Å²) in [7, 11) is 0. The van der Waals surface area contributed by atoms with Gasteiger partial charge in [0.25, 0.3) is 0 Å². The smallest absolute Gasteiger partial charge is 0.0638 e. The molecule has 1 N–H and O–H groups in total. The van der Waals surface area contributed by atoms with Crippen LogP contribution in [-0.4, -0.2) is 35.1 Å². The molecule has 0 radical (unpaired) electrons. The maximum atomic E-state index is 8.87. The van der Waals surface area contributed by atoms with Crippen LogP contribution in [0, 0.1) is 11.3 Å². The van der Waals surface area contributed by atoms with Gasteiger partial charge in [-0.05, 0) is 18.6 Å². The van der Waals surface area contributed by atoms with Crippen molar-refractivity contribution in [3.05, 3.63) is 30.1 Å². The maximum Gasteiger partial charge on any atom is 0.0638 e. The summed E-state index contributed by atoms with van der Waals surface area (Å²) in [6, 6.07) is 7.09. The molecule has 1 fully saturated rings. The van der Waals surface area contributed by atoms with Crippen LogP contribution in [0.1, 0.15) is 18.9 Å². The summed E-state index contributed by atoms with van der Waals surface area (Å²) < 4.78 is 0. The molecule has 0 aliphatic carbocycles. The van der Waals surface area contributed by atoms with Crippen LogP contribution < -0.4 is 5.32 Å². The molecule has 0 spiro atoms. The first-order valence-corrected chi connectivity index (χ1v) is 6.03. The molecule has 2 unspecified atom stereocenters. The fourth-order valence-corrected chi connectivity index (χ4v) is 2.34. The molecule has 0 aromatic carbocycles. The Kier molecular flexibility index (Phi) is 4.08. The van der Waals surface area contributed by atoms with Crippen molar-refractivity contribution >= 4 is 0 Å². The van der Waals surface area contributed by atoms with Crippen LogP contribution in [0.5, 0.6) is 0 Å². The summed E-state index contributed by atoms with van der Waals surface area (Å²) in [4.78, 5) is 6.54. The van der Waals surface area contributed by atoms with Crippen molar-refractivity contribution in [2.75, 3.05) is 13.1 Å². The van der Waals surface area contributed by atoms with Crippen LogP contribution >= 0.6 is 0 Å². The molecule has 1 saturated heterocycles. The fraction of sp³-hybridized carbons (Fsp3) is 0.538. The number of rotatable bonds is 3. The van der Waals surface area contributed by atoms with E-state index in [1.807, 2.05) is 12.3 Å². The largest absolute Gasteiger partial charge is 0.314 e. The van der Waals surface area contributed by atoms with E-state index in [1.165, 1.54) is 5.56 Å². The van der Waals surface area contributed by atoms with Gasteiger partial charge in [0.2, 0.25) is 0 Å². The van der Waals surface area contributed by atoms with E-state index >= 15 is 0 Å². The van der Waals surface area contributed by atoms with Gasteiger partial charge in [-0.15, -0.1) is 0 Å². The molecule has 1 aliphatic rings. The highest BCUT2D eigenvalue weighted by molar-refractivity contribution is 5.09. The third-order valence-corrected chi connectivity index (χ3v) is 3.27. The van der Waals surface area contributed by atoms with Gasteiger partial charge in [0.15, 0.2) is 0 Å². The molecule has 2 heterocycles. The Morgan fingerprint density at radius 1 is 1.59 bits per heavy atom. The van der Waals surface area contributed by atoms with Crippen molar-refractivity contribution in [2.24, 2.45) is 0 Å². The average Bonchev–Trinajstić information content (AvgIpc) is 2.35. The Balaban J connectivity index is 2.07. The number of hydrogen-bond acceptors (Lipinski definition) is 4. The van der Waals surface area contributed by atoms with Gasteiger partial charge in [-0.1, -0.05) is 6.07 Å². The average molecular weight is 230 g/mol. The highest BCUT2D eigenvalue weighted by atomic mass is 15.2. The van der Waals surface area contributed by atoms with Gasteiger partial charge >= 0.3 is 0 Å². The summed E-state index contributed by atoms with van der Waals surface area (Å²) in [6.07, 6.45) is 4.27. The molecule has 0 bridgehead atoms. The minimum absolute atomic E-state index is 0.309. The highest BCUT2D eigenvalue weighted by Gasteiger charge is 2.27. The molecule has 1 aliphatic heterocycles. The van der Waals surface area contributed by atoms with Gasteiger partial charge in [-0.2, -0.15) is 5.26 Å². The van der Waals surface area contributed by atoms with Crippen molar-refractivity contribution in [2.45, 2.75) is 32.0 Å². The van der Waals surface area contributed by atoms with Crippen molar-refractivity contribution in [1.82, 2.24) is 15.2 Å². The topological polar surface area (TPSA) is 52.0 Å². The number of nitriles is 1. The zero-order valence-electron chi connectivity index (χ0n) is 10.1. The minimum atomic E-state index is 0.309. The molecular weight excluding hydrogens is 212 g/mol. The zero-order chi connectivity index (χ0) is 12.1. The Bertz CT molecular complexity index is 384. The minimum Gasteiger partial charge on any atom is -0.314 e. The van der Waals surface area contributed by atoms with Gasteiger partial charge < -0.3 is 5.32 Å². The first-order valence-electron chi connectivity index (χ1n) is 6.03. The summed E-state index contributed by atoms with van der Waals surface area (Å²) >= 11 is 0. The SMILES string of the molecule is CC1CNCC(CC#N)N1Cc1cccnc1. The first kappa shape index (κ1) is 12.0. The van der Waals surface area contributed by atoms with Gasteiger partial charge in [-0.25, -0.2) is 0 Å².